The maximum atomic E-state index is 10.6. The number of halogens is 1. The first kappa shape index (κ1) is 13.2. The molecule has 1 aromatic carbocycles. The number of hydrogen-bond donors (Lipinski definition) is 1. The van der Waals surface area contributed by atoms with Gasteiger partial charge in [0.05, 0.1) is 6.42 Å². The number of carboxylic acids is 1. The smallest absolute Gasteiger partial charge is 0.304 e. The van der Waals surface area contributed by atoms with Crippen LogP contribution >= 0.6 is 15.9 Å². The van der Waals surface area contributed by atoms with E-state index in [-0.39, 0.29) is 12.5 Å². The van der Waals surface area contributed by atoms with Crippen LogP contribution in [0, 0.1) is 0 Å². The maximum Gasteiger partial charge on any atom is 0.304 e. The van der Waals surface area contributed by atoms with Crippen molar-refractivity contribution in [1.82, 2.24) is 4.90 Å². The van der Waals surface area contributed by atoms with Crippen LogP contribution in [0.25, 0.3) is 0 Å². The Balaban J connectivity index is 2.56. The number of aliphatic carboxylic acids is 1. The second kappa shape index (κ2) is 6.01. The summed E-state index contributed by atoms with van der Waals surface area (Å²) in [6.07, 6.45) is 0.171. The number of hydrogen-bond acceptors (Lipinski definition) is 2. The van der Waals surface area contributed by atoms with Gasteiger partial charge in [-0.25, -0.2) is 0 Å². The van der Waals surface area contributed by atoms with Crippen LogP contribution in [0.4, 0.5) is 0 Å². The van der Waals surface area contributed by atoms with Gasteiger partial charge in [0.2, 0.25) is 0 Å². The topological polar surface area (TPSA) is 40.5 Å². The zero-order chi connectivity index (χ0) is 12.1. The molecule has 0 amide bonds. The lowest BCUT2D eigenvalue weighted by molar-refractivity contribution is -0.138. The predicted molar refractivity (Wildman–Crippen MR) is 67.3 cm³/mol. The number of rotatable bonds is 5. The molecular weight excluding hydrogens is 270 g/mol. The van der Waals surface area contributed by atoms with Crippen molar-refractivity contribution in [3.63, 3.8) is 0 Å². The second-order valence-electron chi connectivity index (χ2n) is 3.99. The highest BCUT2D eigenvalue weighted by Gasteiger charge is 2.13. The Morgan fingerprint density at radius 3 is 2.81 bits per heavy atom. The molecule has 0 heterocycles. The summed E-state index contributed by atoms with van der Waals surface area (Å²) in [5.74, 6) is -0.756. The lowest BCUT2D eigenvalue weighted by Gasteiger charge is -2.23. The molecule has 1 aromatic rings. The molecule has 3 nitrogen and oxygen atoms in total. The summed E-state index contributed by atoms with van der Waals surface area (Å²) in [6.45, 7) is 2.68. The van der Waals surface area contributed by atoms with E-state index in [9.17, 15) is 4.79 Å². The fourth-order valence-electron chi connectivity index (χ4n) is 1.49. The van der Waals surface area contributed by atoms with E-state index >= 15 is 0 Å². The van der Waals surface area contributed by atoms with Crippen LogP contribution in [0.3, 0.4) is 0 Å². The highest BCUT2D eigenvalue weighted by Crippen LogP contribution is 2.14. The quantitative estimate of drug-likeness (QED) is 0.904. The molecule has 0 spiro atoms. The molecule has 0 saturated carbocycles. The second-order valence-corrected chi connectivity index (χ2v) is 4.91. The molecular formula is C12H16BrNO2. The molecule has 1 rings (SSSR count). The highest BCUT2D eigenvalue weighted by atomic mass is 79.9. The average Bonchev–Trinajstić information content (AvgIpc) is 2.16. The molecule has 0 aromatic heterocycles. The van der Waals surface area contributed by atoms with Gasteiger partial charge < -0.3 is 5.11 Å². The van der Waals surface area contributed by atoms with Crippen molar-refractivity contribution in [2.24, 2.45) is 0 Å². The van der Waals surface area contributed by atoms with E-state index in [2.05, 4.69) is 15.9 Å². The van der Waals surface area contributed by atoms with Crippen LogP contribution in [0.15, 0.2) is 28.7 Å². The van der Waals surface area contributed by atoms with Crippen LogP contribution in [0.5, 0.6) is 0 Å². The standard InChI is InChI=1S/C12H16BrNO2/c1-9(6-12(15)16)14(2)8-10-4-3-5-11(13)7-10/h3-5,7,9H,6,8H2,1-2H3,(H,15,16). The predicted octanol–water partition coefficient (Wildman–Crippen LogP) is 2.74. The Labute approximate surface area is 104 Å². The largest absolute Gasteiger partial charge is 0.481 e. The van der Waals surface area contributed by atoms with Crippen molar-refractivity contribution in [1.29, 1.82) is 0 Å². The third-order valence-electron chi connectivity index (χ3n) is 2.54. The first-order valence-electron chi connectivity index (χ1n) is 5.15. The van der Waals surface area contributed by atoms with Crippen molar-refractivity contribution < 1.29 is 9.90 Å². The lowest BCUT2D eigenvalue weighted by Crippen LogP contribution is -2.30. The Bertz CT molecular complexity index is 368. The summed E-state index contributed by atoms with van der Waals surface area (Å²) in [4.78, 5) is 12.6. The molecule has 0 saturated heterocycles. The molecule has 1 N–H and O–H groups in total. The van der Waals surface area contributed by atoms with Gasteiger partial charge >= 0.3 is 5.97 Å². The molecule has 0 radical (unpaired) electrons. The van der Waals surface area contributed by atoms with Crippen LogP contribution in [0.2, 0.25) is 0 Å². The minimum Gasteiger partial charge on any atom is -0.481 e. The van der Waals surface area contributed by atoms with E-state index in [1.165, 1.54) is 5.56 Å². The van der Waals surface area contributed by atoms with Crippen LogP contribution < -0.4 is 0 Å². The van der Waals surface area contributed by atoms with Crippen molar-refractivity contribution >= 4 is 21.9 Å². The number of nitrogens with zero attached hydrogens (tertiary/aromatic N) is 1. The molecule has 0 aliphatic heterocycles. The van der Waals surface area contributed by atoms with Gasteiger partial charge in [0, 0.05) is 17.1 Å². The first-order chi connectivity index (χ1) is 7.49. The van der Waals surface area contributed by atoms with Crippen molar-refractivity contribution in [3.8, 4) is 0 Å². The number of benzene rings is 1. The normalized spacial score (nSPS) is 12.8. The molecule has 0 fully saturated rings. The van der Waals surface area contributed by atoms with E-state index < -0.39 is 5.97 Å². The van der Waals surface area contributed by atoms with Gasteiger partial charge in [0.25, 0.3) is 0 Å². The van der Waals surface area contributed by atoms with Gasteiger partial charge in [-0.2, -0.15) is 0 Å². The van der Waals surface area contributed by atoms with Crippen molar-refractivity contribution in [2.75, 3.05) is 7.05 Å². The van der Waals surface area contributed by atoms with Gasteiger partial charge in [-0.3, -0.25) is 9.69 Å². The zero-order valence-corrected chi connectivity index (χ0v) is 11.1. The summed E-state index contributed by atoms with van der Waals surface area (Å²) < 4.78 is 1.05. The van der Waals surface area contributed by atoms with E-state index in [0.717, 1.165) is 11.0 Å². The van der Waals surface area contributed by atoms with Crippen molar-refractivity contribution in [3.05, 3.63) is 34.3 Å². The Hall–Kier alpha value is -0.870. The monoisotopic (exact) mass is 285 g/mol. The fraction of sp³-hybridized carbons (Fsp3) is 0.417. The fourth-order valence-corrected chi connectivity index (χ4v) is 1.93. The molecule has 0 aliphatic carbocycles. The van der Waals surface area contributed by atoms with Gasteiger partial charge in [0.15, 0.2) is 0 Å². The van der Waals surface area contributed by atoms with E-state index in [1.54, 1.807) is 0 Å². The summed E-state index contributed by atoms with van der Waals surface area (Å²) in [6, 6.07) is 8.08. The van der Waals surface area contributed by atoms with Crippen LogP contribution in [-0.4, -0.2) is 29.1 Å². The third-order valence-corrected chi connectivity index (χ3v) is 3.04. The zero-order valence-electron chi connectivity index (χ0n) is 9.48. The Kier molecular flexibility index (Phi) is 4.96. The Morgan fingerprint density at radius 1 is 1.56 bits per heavy atom. The minimum absolute atomic E-state index is 0.0384. The van der Waals surface area contributed by atoms with Crippen molar-refractivity contribution in [2.45, 2.75) is 25.9 Å². The maximum absolute atomic E-state index is 10.6. The summed E-state index contributed by atoms with van der Waals surface area (Å²) in [7, 11) is 1.94. The molecule has 16 heavy (non-hydrogen) atoms. The molecule has 0 aliphatic rings. The lowest BCUT2D eigenvalue weighted by atomic mass is 10.1. The van der Waals surface area contributed by atoms with Gasteiger partial charge in [-0.15, -0.1) is 0 Å². The summed E-state index contributed by atoms with van der Waals surface area (Å²) in [5, 5.41) is 8.71. The van der Waals surface area contributed by atoms with E-state index in [1.807, 2.05) is 43.1 Å². The molecule has 1 atom stereocenters. The highest BCUT2D eigenvalue weighted by molar-refractivity contribution is 9.10. The van der Waals surface area contributed by atoms with Gasteiger partial charge in [0.1, 0.15) is 0 Å². The minimum atomic E-state index is -0.756. The molecule has 0 bridgehead atoms. The Morgan fingerprint density at radius 2 is 2.25 bits per heavy atom. The molecule has 1 unspecified atom stereocenters. The van der Waals surface area contributed by atoms with Crippen LogP contribution in [0.1, 0.15) is 18.9 Å². The third kappa shape index (κ3) is 4.33. The summed E-state index contributed by atoms with van der Waals surface area (Å²) >= 11 is 3.42. The molecule has 88 valence electrons. The number of carboxylic acid groups (broad SMARTS) is 1. The van der Waals surface area contributed by atoms with Gasteiger partial charge in [-0.05, 0) is 31.7 Å². The SMILES string of the molecule is CC(CC(=O)O)N(C)Cc1cccc(Br)c1. The average molecular weight is 286 g/mol. The number of carbonyl (C=O) groups is 1. The van der Waals surface area contributed by atoms with Crippen LogP contribution in [-0.2, 0) is 11.3 Å². The summed E-state index contributed by atoms with van der Waals surface area (Å²) in [5.41, 5.74) is 1.18. The van der Waals surface area contributed by atoms with E-state index in [0.29, 0.717) is 0 Å². The molecule has 4 heteroatoms. The first-order valence-corrected chi connectivity index (χ1v) is 5.95. The van der Waals surface area contributed by atoms with E-state index in [4.69, 9.17) is 5.11 Å². The van der Waals surface area contributed by atoms with Gasteiger partial charge in [-0.1, -0.05) is 28.1 Å².